The molecule has 7 heteroatoms. The maximum absolute atomic E-state index is 5.62. The van der Waals surface area contributed by atoms with Crippen LogP contribution >= 0.6 is 0 Å². The fourth-order valence-corrected chi connectivity index (χ4v) is 1.92. The Balaban J connectivity index is 1.98. The standard InChI is InChI=1S/C14H24N4O3/c1-3-7-15-12-16-13(20-8-4-2)18-14(17-12)21-10-11-6-5-9-19-11/h11H,3-10H2,1-2H3,(H,15,16,17,18). The third-order valence-corrected chi connectivity index (χ3v) is 2.99. The number of nitrogens with zero attached hydrogens (tertiary/aromatic N) is 3. The van der Waals surface area contributed by atoms with E-state index in [2.05, 4.69) is 27.2 Å². The quantitative estimate of drug-likeness (QED) is 0.747. The summed E-state index contributed by atoms with van der Waals surface area (Å²) in [5.74, 6) is 0.486. The molecule has 0 aliphatic carbocycles. The molecule has 1 atom stereocenters. The maximum Gasteiger partial charge on any atom is 0.324 e. The van der Waals surface area contributed by atoms with Crippen molar-refractivity contribution in [2.24, 2.45) is 0 Å². The molecular formula is C14H24N4O3. The highest BCUT2D eigenvalue weighted by atomic mass is 16.5. The molecule has 2 rings (SSSR count). The number of anilines is 1. The summed E-state index contributed by atoms with van der Waals surface area (Å²) >= 11 is 0. The van der Waals surface area contributed by atoms with Crippen LogP contribution in [0.4, 0.5) is 5.95 Å². The fraction of sp³-hybridized carbons (Fsp3) is 0.786. The summed E-state index contributed by atoms with van der Waals surface area (Å²) in [5.41, 5.74) is 0. The van der Waals surface area contributed by atoms with Gasteiger partial charge in [0.15, 0.2) is 0 Å². The number of rotatable bonds is 9. The SMILES string of the molecule is CCCNc1nc(OCCC)nc(OCC2CCCO2)n1. The van der Waals surface area contributed by atoms with Gasteiger partial charge in [0.2, 0.25) is 5.95 Å². The molecular weight excluding hydrogens is 272 g/mol. The average molecular weight is 296 g/mol. The molecule has 1 aliphatic heterocycles. The molecule has 7 nitrogen and oxygen atoms in total. The molecule has 0 radical (unpaired) electrons. The van der Waals surface area contributed by atoms with Crippen LogP contribution in [0.5, 0.6) is 12.0 Å². The number of ether oxygens (including phenoxy) is 3. The summed E-state index contributed by atoms with van der Waals surface area (Å²) in [4.78, 5) is 12.6. The minimum absolute atomic E-state index is 0.133. The van der Waals surface area contributed by atoms with Crippen molar-refractivity contribution in [1.29, 1.82) is 0 Å². The van der Waals surface area contributed by atoms with Crippen molar-refractivity contribution in [3.05, 3.63) is 0 Å². The summed E-state index contributed by atoms with van der Waals surface area (Å²) in [6.45, 7) is 6.75. The molecule has 1 fully saturated rings. The Hall–Kier alpha value is -1.63. The highest BCUT2D eigenvalue weighted by Crippen LogP contribution is 2.16. The number of nitrogens with one attached hydrogen (secondary N) is 1. The lowest BCUT2D eigenvalue weighted by Crippen LogP contribution is -2.18. The van der Waals surface area contributed by atoms with Crippen LogP contribution in [-0.4, -0.2) is 47.4 Å². The normalized spacial score (nSPS) is 17.7. The molecule has 0 aromatic carbocycles. The molecule has 118 valence electrons. The van der Waals surface area contributed by atoms with Crippen LogP contribution in [0.3, 0.4) is 0 Å². The van der Waals surface area contributed by atoms with Gasteiger partial charge in [0.1, 0.15) is 6.61 Å². The topological polar surface area (TPSA) is 78.4 Å². The third-order valence-electron chi connectivity index (χ3n) is 2.99. The second-order valence-corrected chi connectivity index (χ2v) is 4.95. The van der Waals surface area contributed by atoms with Gasteiger partial charge in [-0.3, -0.25) is 0 Å². The van der Waals surface area contributed by atoms with Crippen molar-refractivity contribution >= 4 is 5.95 Å². The van der Waals surface area contributed by atoms with E-state index < -0.39 is 0 Å². The van der Waals surface area contributed by atoms with Gasteiger partial charge in [0, 0.05) is 13.2 Å². The minimum Gasteiger partial charge on any atom is -0.463 e. The second kappa shape index (κ2) is 8.61. The first-order chi connectivity index (χ1) is 10.3. The lowest BCUT2D eigenvalue weighted by Gasteiger charge is -2.12. The lowest BCUT2D eigenvalue weighted by atomic mass is 10.2. The zero-order valence-corrected chi connectivity index (χ0v) is 12.8. The van der Waals surface area contributed by atoms with Gasteiger partial charge in [-0.2, -0.15) is 9.97 Å². The van der Waals surface area contributed by atoms with Crippen molar-refractivity contribution < 1.29 is 14.2 Å². The Bertz CT molecular complexity index is 398. The predicted octanol–water partition coefficient (Wildman–Crippen LogP) is 2.04. The largest absolute Gasteiger partial charge is 0.463 e. The summed E-state index contributed by atoms with van der Waals surface area (Å²) < 4.78 is 16.6. The van der Waals surface area contributed by atoms with Crippen molar-refractivity contribution in [2.45, 2.75) is 45.6 Å². The van der Waals surface area contributed by atoms with Crippen molar-refractivity contribution in [1.82, 2.24) is 15.0 Å². The van der Waals surface area contributed by atoms with Crippen molar-refractivity contribution in [2.75, 3.05) is 31.7 Å². The molecule has 2 heterocycles. The molecule has 21 heavy (non-hydrogen) atoms. The van der Waals surface area contributed by atoms with Crippen LogP contribution in [0.15, 0.2) is 0 Å². The van der Waals surface area contributed by atoms with Gasteiger partial charge in [0.25, 0.3) is 0 Å². The first-order valence-corrected chi connectivity index (χ1v) is 7.69. The molecule has 0 bridgehead atoms. The van der Waals surface area contributed by atoms with Crippen LogP contribution in [0.1, 0.15) is 39.5 Å². The first kappa shape index (κ1) is 15.8. The Morgan fingerprint density at radius 1 is 1.14 bits per heavy atom. The highest BCUT2D eigenvalue weighted by molar-refractivity contribution is 5.27. The van der Waals surface area contributed by atoms with Crippen LogP contribution in [0.2, 0.25) is 0 Å². The van der Waals surface area contributed by atoms with E-state index in [9.17, 15) is 0 Å². The molecule has 1 saturated heterocycles. The summed E-state index contributed by atoms with van der Waals surface area (Å²) in [6, 6.07) is 0.581. The van der Waals surface area contributed by atoms with Crippen molar-refractivity contribution in [3.63, 3.8) is 0 Å². The van der Waals surface area contributed by atoms with E-state index in [4.69, 9.17) is 14.2 Å². The van der Waals surface area contributed by atoms with Gasteiger partial charge in [0.05, 0.1) is 12.7 Å². The van der Waals surface area contributed by atoms with Gasteiger partial charge in [-0.05, 0) is 25.7 Å². The van der Waals surface area contributed by atoms with Crippen LogP contribution in [-0.2, 0) is 4.74 Å². The predicted molar refractivity (Wildman–Crippen MR) is 78.9 cm³/mol. The second-order valence-electron chi connectivity index (χ2n) is 4.95. The van der Waals surface area contributed by atoms with E-state index in [1.807, 2.05) is 6.92 Å². The zero-order chi connectivity index (χ0) is 14.9. The Labute approximate surface area is 125 Å². The van der Waals surface area contributed by atoms with Crippen LogP contribution < -0.4 is 14.8 Å². The van der Waals surface area contributed by atoms with Gasteiger partial charge in [-0.15, -0.1) is 4.98 Å². The molecule has 1 aliphatic rings. The molecule has 0 spiro atoms. The maximum atomic E-state index is 5.62. The van der Waals surface area contributed by atoms with Gasteiger partial charge < -0.3 is 19.5 Å². The summed E-state index contributed by atoms with van der Waals surface area (Å²) in [7, 11) is 0. The molecule has 0 saturated carbocycles. The van der Waals surface area contributed by atoms with Gasteiger partial charge in [-0.1, -0.05) is 13.8 Å². The Kier molecular flexibility index (Phi) is 6.46. The monoisotopic (exact) mass is 296 g/mol. The highest BCUT2D eigenvalue weighted by Gasteiger charge is 2.17. The van der Waals surface area contributed by atoms with Crippen LogP contribution in [0.25, 0.3) is 0 Å². The van der Waals surface area contributed by atoms with E-state index in [-0.39, 0.29) is 12.1 Å². The van der Waals surface area contributed by atoms with Gasteiger partial charge >= 0.3 is 12.0 Å². The van der Waals surface area contributed by atoms with E-state index in [0.717, 1.165) is 38.8 Å². The first-order valence-electron chi connectivity index (χ1n) is 7.69. The number of hydrogen-bond acceptors (Lipinski definition) is 7. The number of hydrogen-bond donors (Lipinski definition) is 1. The third kappa shape index (κ3) is 5.34. The molecule has 1 unspecified atom stereocenters. The summed E-state index contributed by atoms with van der Waals surface area (Å²) in [6.07, 6.45) is 4.12. The lowest BCUT2D eigenvalue weighted by molar-refractivity contribution is 0.0640. The van der Waals surface area contributed by atoms with Gasteiger partial charge in [-0.25, -0.2) is 0 Å². The van der Waals surface area contributed by atoms with E-state index in [1.54, 1.807) is 0 Å². The van der Waals surface area contributed by atoms with Crippen LogP contribution in [0, 0.1) is 0 Å². The zero-order valence-electron chi connectivity index (χ0n) is 12.8. The van der Waals surface area contributed by atoms with E-state index in [1.165, 1.54) is 0 Å². The Morgan fingerprint density at radius 2 is 1.95 bits per heavy atom. The van der Waals surface area contributed by atoms with E-state index >= 15 is 0 Å². The molecule has 0 amide bonds. The molecule has 1 aromatic rings. The fourth-order valence-electron chi connectivity index (χ4n) is 1.92. The van der Waals surface area contributed by atoms with Crippen molar-refractivity contribution in [3.8, 4) is 12.0 Å². The minimum atomic E-state index is 0.133. The Morgan fingerprint density at radius 3 is 2.62 bits per heavy atom. The smallest absolute Gasteiger partial charge is 0.324 e. The summed E-state index contributed by atoms with van der Waals surface area (Å²) in [5, 5.41) is 3.13. The van der Waals surface area contributed by atoms with E-state index in [0.29, 0.717) is 25.2 Å². The molecule has 1 N–H and O–H groups in total. The molecule has 1 aromatic heterocycles. The average Bonchev–Trinajstić information content (AvgIpc) is 3.02. The number of aromatic nitrogens is 3.